The van der Waals surface area contributed by atoms with Gasteiger partial charge in [-0.15, -0.1) is 0 Å². The van der Waals surface area contributed by atoms with Crippen molar-refractivity contribution >= 4 is 15.9 Å². The highest BCUT2D eigenvalue weighted by Gasteiger charge is 2.30. The van der Waals surface area contributed by atoms with Crippen LogP contribution in [0.2, 0.25) is 0 Å². The van der Waals surface area contributed by atoms with Crippen LogP contribution in [-0.4, -0.2) is 14.3 Å². The third-order valence-electron chi connectivity index (χ3n) is 4.50. The molecule has 3 rings (SSSR count). The first-order valence-electron chi connectivity index (χ1n) is 9.16. The second-order valence-electron chi connectivity index (χ2n) is 6.75. The summed E-state index contributed by atoms with van der Waals surface area (Å²) in [5, 5.41) is 2.61. The lowest BCUT2D eigenvalue weighted by Crippen LogP contribution is -2.27. The summed E-state index contributed by atoms with van der Waals surface area (Å²) >= 11 is 0. The third-order valence-corrected chi connectivity index (χ3v) is 5.92. The first-order chi connectivity index (χ1) is 14.6. The summed E-state index contributed by atoms with van der Waals surface area (Å²) in [5.74, 6) is -0.0967. The van der Waals surface area contributed by atoms with Gasteiger partial charge >= 0.3 is 6.18 Å². The fraction of sp³-hybridized carbons (Fsp3) is 0.190. The van der Waals surface area contributed by atoms with E-state index >= 15 is 0 Å². The molecule has 1 aromatic heterocycles. The smallest absolute Gasteiger partial charge is 0.416 e. The molecule has 1 heterocycles. The van der Waals surface area contributed by atoms with E-state index < -0.39 is 33.7 Å². The Morgan fingerprint density at radius 3 is 2.39 bits per heavy atom. The van der Waals surface area contributed by atoms with Gasteiger partial charge in [0.15, 0.2) is 0 Å². The van der Waals surface area contributed by atoms with Crippen LogP contribution in [-0.2, 0) is 22.7 Å². The molecule has 164 valence electrons. The van der Waals surface area contributed by atoms with Crippen LogP contribution in [0.25, 0.3) is 0 Å². The zero-order valence-corrected chi connectivity index (χ0v) is 17.1. The van der Waals surface area contributed by atoms with Crippen molar-refractivity contribution in [3.8, 4) is 0 Å². The van der Waals surface area contributed by atoms with Gasteiger partial charge in [0.05, 0.1) is 29.3 Å². The van der Waals surface area contributed by atoms with Crippen LogP contribution in [0.15, 0.2) is 76.2 Å². The van der Waals surface area contributed by atoms with E-state index in [1.54, 1.807) is 19.1 Å². The maximum absolute atomic E-state index is 12.9. The zero-order chi connectivity index (χ0) is 22.6. The summed E-state index contributed by atoms with van der Waals surface area (Å²) in [6, 6.07) is 12.5. The second-order valence-corrected chi connectivity index (χ2v) is 8.51. The van der Waals surface area contributed by atoms with Crippen LogP contribution < -0.4 is 10.0 Å². The average Bonchev–Trinajstić information content (AvgIpc) is 3.26. The Bertz CT molecular complexity index is 1140. The van der Waals surface area contributed by atoms with Gasteiger partial charge in [0.2, 0.25) is 10.0 Å². The van der Waals surface area contributed by atoms with Gasteiger partial charge in [0.1, 0.15) is 5.76 Å². The molecule has 0 aliphatic carbocycles. The Kier molecular flexibility index (Phi) is 6.51. The predicted octanol–water partition coefficient (Wildman–Crippen LogP) is 4.27. The van der Waals surface area contributed by atoms with Gasteiger partial charge in [-0.3, -0.25) is 4.79 Å². The van der Waals surface area contributed by atoms with Crippen LogP contribution in [0.3, 0.4) is 0 Å². The molecule has 0 bridgehead atoms. The monoisotopic (exact) mass is 452 g/mol. The van der Waals surface area contributed by atoms with Crippen molar-refractivity contribution in [1.29, 1.82) is 0 Å². The lowest BCUT2D eigenvalue weighted by molar-refractivity contribution is -0.137. The SMILES string of the molecule is C[C@@H](NC(=O)c1ccc(S(=O)(=O)NCc2ccco2)cc1)c1cccc(C(F)(F)F)c1. The Labute approximate surface area is 177 Å². The Balaban J connectivity index is 1.66. The molecule has 1 amide bonds. The number of alkyl halides is 3. The molecule has 31 heavy (non-hydrogen) atoms. The number of furan rings is 1. The number of amides is 1. The molecule has 6 nitrogen and oxygen atoms in total. The molecule has 3 aromatic rings. The summed E-state index contributed by atoms with van der Waals surface area (Å²) in [4.78, 5) is 12.4. The molecule has 0 unspecified atom stereocenters. The van der Waals surface area contributed by atoms with E-state index in [1.165, 1.54) is 42.7 Å². The first kappa shape index (κ1) is 22.6. The normalized spacial score (nSPS) is 13.0. The molecule has 10 heteroatoms. The van der Waals surface area contributed by atoms with E-state index in [4.69, 9.17) is 4.42 Å². The van der Waals surface area contributed by atoms with Crippen LogP contribution in [0.5, 0.6) is 0 Å². The summed E-state index contributed by atoms with van der Waals surface area (Å²) in [7, 11) is -3.81. The summed E-state index contributed by atoms with van der Waals surface area (Å²) < 4.78 is 70.8. The van der Waals surface area contributed by atoms with E-state index in [-0.39, 0.29) is 17.0 Å². The van der Waals surface area contributed by atoms with Crippen LogP contribution in [0, 0.1) is 0 Å². The van der Waals surface area contributed by atoms with Gasteiger partial charge in [-0.05, 0) is 61.0 Å². The van der Waals surface area contributed by atoms with Gasteiger partial charge < -0.3 is 9.73 Å². The highest BCUT2D eigenvalue weighted by Crippen LogP contribution is 2.30. The Morgan fingerprint density at radius 2 is 1.77 bits per heavy atom. The number of carbonyl (C=O) groups excluding carboxylic acids is 1. The van der Waals surface area contributed by atoms with Gasteiger partial charge in [0, 0.05) is 5.56 Å². The molecular formula is C21H19F3N2O4S. The maximum Gasteiger partial charge on any atom is 0.416 e. The van der Waals surface area contributed by atoms with E-state index in [1.807, 2.05) is 0 Å². The largest absolute Gasteiger partial charge is 0.468 e. The Morgan fingerprint density at radius 1 is 1.06 bits per heavy atom. The molecular weight excluding hydrogens is 433 g/mol. The first-order valence-corrected chi connectivity index (χ1v) is 10.6. The number of benzene rings is 2. The molecule has 0 aliphatic rings. The number of halogens is 3. The summed E-state index contributed by atoms with van der Waals surface area (Å²) in [5.41, 5.74) is -0.337. The van der Waals surface area contributed by atoms with Gasteiger partial charge in [0.25, 0.3) is 5.91 Å². The number of carbonyl (C=O) groups is 1. The van der Waals surface area contributed by atoms with Crippen molar-refractivity contribution in [1.82, 2.24) is 10.0 Å². The van der Waals surface area contributed by atoms with Crippen molar-refractivity contribution in [2.24, 2.45) is 0 Å². The van der Waals surface area contributed by atoms with Gasteiger partial charge in [-0.1, -0.05) is 12.1 Å². The highest BCUT2D eigenvalue weighted by atomic mass is 32.2. The average molecular weight is 452 g/mol. The number of nitrogens with one attached hydrogen (secondary N) is 2. The maximum atomic E-state index is 12.9. The lowest BCUT2D eigenvalue weighted by atomic mass is 10.0. The van der Waals surface area contributed by atoms with E-state index in [0.29, 0.717) is 11.3 Å². The minimum atomic E-state index is -4.48. The number of sulfonamides is 1. The van der Waals surface area contributed by atoms with Gasteiger partial charge in [-0.25, -0.2) is 13.1 Å². The molecule has 0 fully saturated rings. The Hall–Kier alpha value is -3.11. The molecule has 0 saturated carbocycles. The van der Waals surface area contributed by atoms with Crippen molar-refractivity contribution < 1.29 is 30.8 Å². The topological polar surface area (TPSA) is 88.4 Å². The predicted molar refractivity (Wildman–Crippen MR) is 107 cm³/mol. The standard InChI is InChI=1S/C21H19F3N2O4S/c1-14(16-4-2-5-17(12-16)21(22,23)24)26-20(27)15-7-9-19(10-8-15)31(28,29)25-13-18-6-3-11-30-18/h2-12,14,25H,13H2,1H3,(H,26,27)/t14-/m1/s1. The van der Waals surface area contributed by atoms with Crippen molar-refractivity contribution in [2.45, 2.75) is 30.6 Å². The summed E-state index contributed by atoms with van der Waals surface area (Å²) in [6.45, 7) is 1.54. The number of hydrogen-bond acceptors (Lipinski definition) is 4. The fourth-order valence-corrected chi connectivity index (χ4v) is 3.79. The third kappa shape index (κ3) is 5.74. The quantitative estimate of drug-likeness (QED) is 0.561. The van der Waals surface area contributed by atoms with Gasteiger partial charge in [-0.2, -0.15) is 13.2 Å². The molecule has 2 N–H and O–H groups in total. The minimum Gasteiger partial charge on any atom is -0.468 e. The highest BCUT2D eigenvalue weighted by molar-refractivity contribution is 7.89. The number of hydrogen-bond donors (Lipinski definition) is 2. The molecule has 0 saturated heterocycles. The molecule has 1 atom stereocenters. The van der Waals surface area contributed by atoms with E-state index in [9.17, 15) is 26.4 Å². The minimum absolute atomic E-state index is 0.0218. The zero-order valence-electron chi connectivity index (χ0n) is 16.3. The fourth-order valence-electron chi connectivity index (χ4n) is 2.80. The van der Waals surface area contributed by atoms with Crippen LogP contribution in [0.1, 0.15) is 40.2 Å². The van der Waals surface area contributed by atoms with Crippen molar-refractivity contribution in [3.63, 3.8) is 0 Å². The van der Waals surface area contributed by atoms with Crippen LogP contribution >= 0.6 is 0 Å². The van der Waals surface area contributed by atoms with Crippen LogP contribution in [0.4, 0.5) is 13.2 Å². The van der Waals surface area contributed by atoms with Crippen molar-refractivity contribution in [2.75, 3.05) is 0 Å². The molecule has 0 radical (unpaired) electrons. The number of rotatable bonds is 7. The lowest BCUT2D eigenvalue weighted by Gasteiger charge is -2.16. The molecule has 0 aliphatic heterocycles. The van der Waals surface area contributed by atoms with E-state index in [0.717, 1.165) is 12.1 Å². The molecule has 0 spiro atoms. The van der Waals surface area contributed by atoms with E-state index in [2.05, 4.69) is 10.0 Å². The molecule has 2 aromatic carbocycles. The second kappa shape index (κ2) is 8.94. The van der Waals surface area contributed by atoms with Crippen molar-refractivity contribution in [3.05, 3.63) is 89.4 Å². The summed E-state index contributed by atoms with van der Waals surface area (Å²) in [6.07, 6.45) is -3.05.